The van der Waals surface area contributed by atoms with E-state index in [4.69, 9.17) is 4.74 Å². The smallest absolute Gasteiger partial charge is 0.251 e. The summed E-state index contributed by atoms with van der Waals surface area (Å²) in [4.78, 5) is 14.2. The number of methoxy groups -OCH3 is 1. The lowest BCUT2D eigenvalue weighted by molar-refractivity contribution is 0.0942. The molecule has 122 valence electrons. The fourth-order valence-electron chi connectivity index (χ4n) is 2.35. The van der Waals surface area contributed by atoms with Crippen molar-refractivity contribution in [1.82, 2.24) is 10.2 Å². The van der Waals surface area contributed by atoms with Gasteiger partial charge in [-0.1, -0.05) is 12.1 Å². The van der Waals surface area contributed by atoms with Gasteiger partial charge in [-0.2, -0.15) is 0 Å². The molecule has 0 bridgehead atoms. The summed E-state index contributed by atoms with van der Waals surface area (Å²) in [7, 11) is 5.37. The molecule has 0 radical (unpaired) electrons. The summed E-state index contributed by atoms with van der Waals surface area (Å²) in [6, 6.07) is 13.2. The lowest BCUT2D eigenvalue weighted by atomic mass is 10.1. The molecular formula is C18H21FN2O2. The van der Waals surface area contributed by atoms with E-state index in [1.807, 2.05) is 25.1 Å². The SMILES string of the molecule is COc1ccc(C(=O)NCC(c2cccc(F)c2)N(C)C)cc1. The number of carbonyl (C=O) groups excluding carboxylic acids is 1. The van der Waals surface area contributed by atoms with E-state index >= 15 is 0 Å². The second-order valence-corrected chi connectivity index (χ2v) is 5.47. The maximum atomic E-state index is 13.4. The van der Waals surface area contributed by atoms with Gasteiger partial charge in [0.05, 0.1) is 13.2 Å². The maximum absolute atomic E-state index is 13.4. The van der Waals surface area contributed by atoms with Gasteiger partial charge in [-0.25, -0.2) is 4.39 Å². The number of nitrogens with one attached hydrogen (secondary N) is 1. The first-order chi connectivity index (χ1) is 11.0. The Morgan fingerprint density at radius 1 is 1.22 bits per heavy atom. The van der Waals surface area contributed by atoms with Gasteiger partial charge in [0.15, 0.2) is 0 Å². The molecule has 2 rings (SSSR count). The van der Waals surface area contributed by atoms with Gasteiger partial charge in [0, 0.05) is 12.1 Å². The van der Waals surface area contributed by atoms with E-state index in [0.717, 1.165) is 5.56 Å². The Bertz CT molecular complexity index is 656. The van der Waals surface area contributed by atoms with E-state index in [9.17, 15) is 9.18 Å². The highest BCUT2D eigenvalue weighted by atomic mass is 19.1. The highest BCUT2D eigenvalue weighted by Gasteiger charge is 2.16. The number of likely N-dealkylation sites (N-methyl/N-ethyl adjacent to an activating group) is 1. The minimum absolute atomic E-state index is 0.104. The van der Waals surface area contributed by atoms with Crippen molar-refractivity contribution < 1.29 is 13.9 Å². The molecule has 2 aromatic carbocycles. The van der Waals surface area contributed by atoms with Crippen LogP contribution in [-0.2, 0) is 0 Å². The molecule has 0 aromatic heterocycles. The average Bonchev–Trinajstić information content (AvgIpc) is 2.54. The number of benzene rings is 2. The van der Waals surface area contributed by atoms with E-state index in [1.165, 1.54) is 12.1 Å². The topological polar surface area (TPSA) is 41.6 Å². The molecule has 4 nitrogen and oxygen atoms in total. The van der Waals surface area contributed by atoms with E-state index < -0.39 is 0 Å². The Morgan fingerprint density at radius 2 is 1.91 bits per heavy atom. The van der Waals surface area contributed by atoms with Crippen molar-refractivity contribution in [3.63, 3.8) is 0 Å². The van der Waals surface area contributed by atoms with Crippen LogP contribution in [0.5, 0.6) is 5.75 Å². The van der Waals surface area contributed by atoms with Crippen LogP contribution in [0.3, 0.4) is 0 Å². The van der Waals surface area contributed by atoms with Crippen LogP contribution in [0.15, 0.2) is 48.5 Å². The molecule has 0 saturated heterocycles. The molecule has 0 fully saturated rings. The molecule has 1 N–H and O–H groups in total. The maximum Gasteiger partial charge on any atom is 0.251 e. The van der Waals surface area contributed by atoms with Crippen LogP contribution in [0.2, 0.25) is 0 Å². The molecule has 5 heteroatoms. The molecule has 0 aliphatic rings. The Kier molecular flexibility index (Phi) is 5.71. The van der Waals surface area contributed by atoms with Gasteiger partial charge in [0.2, 0.25) is 0 Å². The quantitative estimate of drug-likeness (QED) is 0.891. The molecule has 0 saturated carbocycles. The standard InChI is InChI=1S/C18H21FN2O2/c1-21(2)17(14-5-4-6-15(19)11-14)12-20-18(22)13-7-9-16(23-3)10-8-13/h4-11,17H,12H2,1-3H3,(H,20,22). The number of halogens is 1. The van der Waals surface area contributed by atoms with Gasteiger partial charge < -0.3 is 15.0 Å². The molecule has 0 aliphatic heterocycles. The van der Waals surface area contributed by atoms with Gasteiger partial charge in [0.25, 0.3) is 5.91 Å². The Labute approximate surface area is 135 Å². The average molecular weight is 316 g/mol. The first kappa shape index (κ1) is 17.0. The number of rotatable bonds is 6. The summed E-state index contributed by atoms with van der Waals surface area (Å²) in [5.74, 6) is 0.249. The normalized spacial score (nSPS) is 12.0. The summed E-state index contributed by atoms with van der Waals surface area (Å²) < 4.78 is 18.5. The van der Waals surface area contributed by atoms with Crippen molar-refractivity contribution in [3.8, 4) is 5.75 Å². The molecule has 0 heterocycles. The zero-order valence-electron chi connectivity index (χ0n) is 13.5. The van der Waals surface area contributed by atoms with Gasteiger partial charge >= 0.3 is 0 Å². The molecule has 2 aromatic rings. The fraction of sp³-hybridized carbons (Fsp3) is 0.278. The summed E-state index contributed by atoms with van der Waals surface area (Å²) in [5, 5.41) is 2.89. The van der Waals surface area contributed by atoms with Crippen LogP contribution in [0.25, 0.3) is 0 Å². The van der Waals surface area contributed by atoms with Crippen molar-refractivity contribution in [1.29, 1.82) is 0 Å². The number of carbonyl (C=O) groups is 1. The number of nitrogens with zero attached hydrogens (tertiary/aromatic N) is 1. The van der Waals surface area contributed by atoms with E-state index in [-0.39, 0.29) is 17.8 Å². The minimum Gasteiger partial charge on any atom is -0.497 e. The van der Waals surface area contributed by atoms with Gasteiger partial charge in [-0.3, -0.25) is 4.79 Å². The highest BCUT2D eigenvalue weighted by molar-refractivity contribution is 5.94. The zero-order chi connectivity index (χ0) is 16.8. The Hall–Kier alpha value is -2.40. The molecular weight excluding hydrogens is 295 g/mol. The van der Waals surface area contributed by atoms with Crippen LogP contribution in [0, 0.1) is 5.82 Å². The molecule has 1 atom stereocenters. The number of hydrogen-bond donors (Lipinski definition) is 1. The van der Waals surface area contributed by atoms with Crippen LogP contribution in [0.1, 0.15) is 22.0 Å². The lowest BCUT2D eigenvalue weighted by Crippen LogP contribution is -2.34. The molecule has 0 spiro atoms. The Balaban J connectivity index is 2.04. The first-order valence-corrected chi connectivity index (χ1v) is 7.35. The Morgan fingerprint density at radius 3 is 2.48 bits per heavy atom. The zero-order valence-corrected chi connectivity index (χ0v) is 13.5. The summed E-state index contributed by atoms with van der Waals surface area (Å²) in [6.45, 7) is 0.390. The molecule has 0 aliphatic carbocycles. The lowest BCUT2D eigenvalue weighted by Gasteiger charge is -2.25. The monoisotopic (exact) mass is 316 g/mol. The third kappa shape index (κ3) is 4.53. The predicted octanol–water partition coefficient (Wildman–Crippen LogP) is 2.87. The second kappa shape index (κ2) is 7.74. The highest BCUT2D eigenvalue weighted by Crippen LogP contribution is 2.18. The van der Waals surface area contributed by atoms with Crippen molar-refractivity contribution in [2.45, 2.75) is 6.04 Å². The summed E-state index contributed by atoms with van der Waals surface area (Å²) >= 11 is 0. The van der Waals surface area contributed by atoms with Crippen molar-refractivity contribution in [2.75, 3.05) is 27.7 Å². The fourth-order valence-corrected chi connectivity index (χ4v) is 2.35. The van der Waals surface area contributed by atoms with Crippen LogP contribution < -0.4 is 10.1 Å². The summed E-state index contributed by atoms with van der Waals surface area (Å²) in [5.41, 5.74) is 1.38. The number of ether oxygens (including phenoxy) is 1. The van der Waals surface area contributed by atoms with Crippen LogP contribution in [-0.4, -0.2) is 38.6 Å². The largest absolute Gasteiger partial charge is 0.497 e. The van der Waals surface area contributed by atoms with E-state index in [1.54, 1.807) is 37.4 Å². The van der Waals surface area contributed by atoms with Crippen LogP contribution >= 0.6 is 0 Å². The number of amides is 1. The predicted molar refractivity (Wildman–Crippen MR) is 88.2 cm³/mol. The molecule has 1 amide bonds. The van der Waals surface area contributed by atoms with Crippen molar-refractivity contribution in [3.05, 3.63) is 65.5 Å². The first-order valence-electron chi connectivity index (χ1n) is 7.35. The van der Waals surface area contributed by atoms with Crippen molar-refractivity contribution >= 4 is 5.91 Å². The van der Waals surface area contributed by atoms with Gasteiger partial charge in [0.1, 0.15) is 11.6 Å². The van der Waals surface area contributed by atoms with Gasteiger partial charge in [-0.15, -0.1) is 0 Å². The van der Waals surface area contributed by atoms with E-state index in [2.05, 4.69) is 5.32 Å². The third-order valence-electron chi connectivity index (χ3n) is 3.66. The molecule has 23 heavy (non-hydrogen) atoms. The number of hydrogen-bond acceptors (Lipinski definition) is 3. The second-order valence-electron chi connectivity index (χ2n) is 5.47. The third-order valence-corrected chi connectivity index (χ3v) is 3.66. The summed E-state index contributed by atoms with van der Waals surface area (Å²) in [6.07, 6.45) is 0. The van der Waals surface area contributed by atoms with Crippen LogP contribution in [0.4, 0.5) is 4.39 Å². The van der Waals surface area contributed by atoms with Crippen molar-refractivity contribution in [2.24, 2.45) is 0 Å². The van der Waals surface area contributed by atoms with Gasteiger partial charge in [-0.05, 0) is 56.1 Å². The van der Waals surface area contributed by atoms with E-state index in [0.29, 0.717) is 17.9 Å². The molecule has 1 unspecified atom stereocenters. The minimum atomic E-state index is -0.282.